The van der Waals surface area contributed by atoms with Crippen molar-refractivity contribution in [1.29, 1.82) is 0 Å². The molecule has 0 aliphatic heterocycles. The van der Waals surface area contributed by atoms with E-state index in [-0.39, 0.29) is 12.5 Å². The lowest BCUT2D eigenvalue weighted by Gasteiger charge is -2.19. The Morgan fingerprint density at radius 1 is 0.357 bits per heavy atom. The van der Waals surface area contributed by atoms with E-state index in [4.69, 9.17) is 0 Å². The van der Waals surface area contributed by atoms with Crippen molar-refractivity contribution < 1.29 is 15.0 Å². The van der Waals surface area contributed by atoms with E-state index in [1.54, 1.807) is 6.08 Å². The Labute approximate surface area is 433 Å². The zero-order valence-corrected chi connectivity index (χ0v) is 45.2. The first-order valence-electron chi connectivity index (χ1n) is 28.7. The van der Waals surface area contributed by atoms with Gasteiger partial charge in [0.25, 0.3) is 0 Å². The summed E-state index contributed by atoms with van der Waals surface area (Å²) in [6.07, 6.45) is 95.3. The Hall–Kier alpha value is -3.99. The Bertz CT molecular complexity index is 1510. The fourth-order valence-corrected chi connectivity index (χ4v) is 7.65. The van der Waals surface area contributed by atoms with Crippen LogP contribution in [0.3, 0.4) is 0 Å². The molecule has 70 heavy (non-hydrogen) atoms. The summed E-state index contributed by atoms with van der Waals surface area (Å²) in [4.78, 5) is 12.5. The lowest BCUT2D eigenvalue weighted by atomic mass is 10.1. The molecule has 0 saturated carbocycles. The van der Waals surface area contributed by atoms with Crippen LogP contribution in [0, 0.1) is 0 Å². The van der Waals surface area contributed by atoms with Crippen LogP contribution < -0.4 is 5.32 Å². The zero-order chi connectivity index (χ0) is 50.6. The summed E-state index contributed by atoms with van der Waals surface area (Å²) < 4.78 is 0. The summed E-state index contributed by atoms with van der Waals surface area (Å²) in [6, 6.07) is -0.666. The molecule has 0 aliphatic carbocycles. The number of carbonyl (C=O) groups excluding carboxylic acids is 1. The van der Waals surface area contributed by atoms with E-state index < -0.39 is 12.1 Å². The van der Waals surface area contributed by atoms with Crippen molar-refractivity contribution in [2.45, 2.75) is 244 Å². The average Bonchev–Trinajstić information content (AvgIpc) is 3.36. The largest absolute Gasteiger partial charge is 0.394 e. The number of amides is 1. The van der Waals surface area contributed by atoms with Crippen LogP contribution in [0.2, 0.25) is 0 Å². The highest BCUT2D eigenvalue weighted by molar-refractivity contribution is 5.76. The monoisotopic (exact) mass is 962 g/mol. The number of hydrogen-bond donors (Lipinski definition) is 3. The van der Waals surface area contributed by atoms with Gasteiger partial charge in [0.05, 0.1) is 18.8 Å². The van der Waals surface area contributed by atoms with Gasteiger partial charge in [0, 0.05) is 6.42 Å². The summed E-state index contributed by atoms with van der Waals surface area (Å²) in [5, 5.41) is 23.1. The molecule has 1 amide bonds. The molecule has 0 bridgehead atoms. The Balaban J connectivity index is 3.71. The maximum atomic E-state index is 12.5. The van der Waals surface area contributed by atoms with Crippen molar-refractivity contribution in [3.63, 3.8) is 0 Å². The van der Waals surface area contributed by atoms with Gasteiger partial charge in [-0.05, 0) is 122 Å². The molecule has 0 fully saturated rings. The van der Waals surface area contributed by atoms with Crippen LogP contribution in [0.1, 0.15) is 232 Å². The second-order valence-electron chi connectivity index (χ2n) is 18.6. The van der Waals surface area contributed by atoms with Crippen LogP contribution in [-0.2, 0) is 4.79 Å². The molecule has 0 aliphatic rings. The quantitative estimate of drug-likeness (QED) is 0.0420. The highest BCUT2D eigenvalue weighted by Gasteiger charge is 2.17. The zero-order valence-electron chi connectivity index (χ0n) is 45.2. The minimum Gasteiger partial charge on any atom is -0.394 e. The number of carbonyl (C=O) groups is 1. The van der Waals surface area contributed by atoms with Gasteiger partial charge < -0.3 is 15.5 Å². The van der Waals surface area contributed by atoms with Crippen LogP contribution >= 0.6 is 0 Å². The minimum atomic E-state index is -0.889. The van der Waals surface area contributed by atoms with E-state index in [2.05, 4.69) is 165 Å². The summed E-state index contributed by atoms with van der Waals surface area (Å²) in [5.74, 6) is -0.0990. The van der Waals surface area contributed by atoms with Gasteiger partial charge in [0.2, 0.25) is 5.91 Å². The molecule has 3 N–H and O–H groups in total. The van der Waals surface area contributed by atoms with Crippen LogP contribution in [0.25, 0.3) is 0 Å². The third kappa shape index (κ3) is 54.9. The molecule has 2 atom stereocenters. The van der Waals surface area contributed by atoms with Crippen molar-refractivity contribution in [3.8, 4) is 0 Å². The molecule has 4 nitrogen and oxygen atoms in total. The molecule has 2 unspecified atom stereocenters. The van der Waals surface area contributed by atoms with E-state index in [1.165, 1.54) is 96.3 Å². The number of aliphatic hydroxyl groups excluding tert-OH is 2. The van der Waals surface area contributed by atoms with Gasteiger partial charge in [-0.3, -0.25) is 4.79 Å². The van der Waals surface area contributed by atoms with Crippen LogP contribution in [0.15, 0.2) is 158 Å². The van der Waals surface area contributed by atoms with Gasteiger partial charge in [-0.1, -0.05) is 262 Å². The number of hydrogen-bond acceptors (Lipinski definition) is 3. The van der Waals surface area contributed by atoms with E-state index in [0.717, 1.165) is 116 Å². The van der Waals surface area contributed by atoms with E-state index in [0.29, 0.717) is 6.42 Å². The molecule has 4 heteroatoms. The van der Waals surface area contributed by atoms with E-state index >= 15 is 0 Å². The normalized spacial score (nSPS) is 14.1. The van der Waals surface area contributed by atoms with Gasteiger partial charge >= 0.3 is 0 Å². The Kier molecular flexibility index (Phi) is 55.9. The van der Waals surface area contributed by atoms with Crippen LogP contribution in [0.5, 0.6) is 0 Å². The van der Waals surface area contributed by atoms with Gasteiger partial charge in [-0.15, -0.1) is 0 Å². The first-order chi connectivity index (χ1) is 34.7. The fraction of sp³-hybridized carbons (Fsp3) is 0.591. The number of rotatable bonds is 50. The fourth-order valence-electron chi connectivity index (χ4n) is 7.65. The number of nitrogens with one attached hydrogen (secondary N) is 1. The van der Waals surface area contributed by atoms with Gasteiger partial charge in [-0.2, -0.15) is 0 Å². The number of allylic oxidation sites excluding steroid dienone is 25. The third-order valence-corrected chi connectivity index (χ3v) is 12.0. The lowest BCUT2D eigenvalue weighted by molar-refractivity contribution is -0.123. The number of aliphatic hydroxyl groups is 2. The minimum absolute atomic E-state index is 0.0990. The summed E-state index contributed by atoms with van der Waals surface area (Å²) in [6.45, 7) is 4.17. The highest BCUT2D eigenvalue weighted by Crippen LogP contribution is 2.13. The van der Waals surface area contributed by atoms with Crippen molar-refractivity contribution >= 4 is 5.91 Å². The van der Waals surface area contributed by atoms with Gasteiger partial charge in [-0.25, -0.2) is 0 Å². The molecule has 0 aromatic rings. The second kappa shape index (κ2) is 59.3. The van der Waals surface area contributed by atoms with Gasteiger partial charge in [0.15, 0.2) is 0 Å². The average molecular weight is 963 g/mol. The Morgan fingerprint density at radius 2 is 0.643 bits per heavy atom. The Morgan fingerprint density at radius 3 is 1.00 bits per heavy atom. The standard InChI is InChI=1S/C66H107NO3/c1-3-5-7-9-11-13-15-17-19-21-23-25-26-27-28-29-30-31-32-33-34-35-36-37-38-39-40-42-44-46-48-50-52-54-56-58-60-62-66(70)67-64(63-68)65(69)61-59-57-55-53-51-49-47-45-43-41-24-22-20-18-16-14-12-10-8-6-4-2/h5,7,11,13,17,19,23,25,27-28,30-31,33-34,36-37,39-40,43-46,51,53,59,61,64-65,68-69H,3-4,6,8-10,12,14-16,18,20-22,24,26,29,32,35,38,41-42,47-50,52,54-58,60,62-63H2,1-2H3,(H,67,70)/b7-5-,13-11-,19-17-,25-23-,28-27-,31-30-,34-33-,37-36-,40-39-,45-43+,46-44-,53-51+,61-59+. The van der Waals surface area contributed by atoms with E-state index in [1.807, 2.05) is 6.08 Å². The summed E-state index contributed by atoms with van der Waals surface area (Å²) >= 11 is 0. The summed E-state index contributed by atoms with van der Waals surface area (Å²) in [5.41, 5.74) is 0. The molecule has 0 heterocycles. The second-order valence-corrected chi connectivity index (χ2v) is 18.6. The molecule has 0 saturated heterocycles. The maximum Gasteiger partial charge on any atom is 0.220 e. The first kappa shape index (κ1) is 66.0. The summed E-state index contributed by atoms with van der Waals surface area (Å²) in [7, 11) is 0. The van der Waals surface area contributed by atoms with Crippen molar-refractivity contribution in [3.05, 3.63) is 158 Å². The third-order valence-electron chi connectivity index (χ3n) is 12.0. The molecular formula is C66H107NO3. The van der Waals surface area contributed by atoms with Gasteiger partial charge in [0.1, 0.15) is 0 Å². The van der Waals surface area contributed by atoms with Crippen LogP contribution in [-0.4, -0.2) is 34.9 Å². The highest BCUT2D eigenvalue weighted by atomic mass is 16.3. The molecule has 0 radical (unpaired) electrons. The molecular weight excluding hydrogens is 855 g/mol. The molecule has 0 aromatic carbocycles. The number of unbranched alkanes of at least 4 members (excludes halogenated alkanes) is 19. The van der Waals surface area contributed by atoms with Crippen molar-refractivity contribution in [1.82, 2.24) is 5.32 Å². The van der Waals surface area contributed by atoms with Crippen molar-refractivity contribution in [2.24, 2.45) is 0 Å². The predicted octanol–water partition coefficient (Wildman–Crippen LogP) is 19.4. The topological polar surface area (TPSA) is 69.6 Å². The van der Waals surface area contributed by atoms with Crippen molar-refractivity contribution in [2.75, 3.05) is 6.61 Å². The van der Waals surface area contributed by atoms with E-state index in [9.17, 15) is 15.0 Å². The SMILES string of the molecule is CC/C=C\C/C=C\C/C=C\C/C=C\C/C=C\C/C=C\C/C=C\C/C=C\C/C=C\C/C=C\CCCCCCCCC(=O)NC(CO)C(O)/C=C/CC/C=C/CC/C=C/CCCCCCCCCCCCC. The molecule has 394 valence electrons. The molecule has 0 spiro atoms. The first-order valence-corrected chi connectivity index (χ1v) is 28.7. The molecule has 0 rings (SSSR count). The molecule has 0 aromatic heterocycles. The van der Waals surface area contributed by atoms with Crippen LogP contribution in [0.4, 0.5) is 0 Å². The predicted molar refractivity (Wildman–Crippen MR) is 312 cm³/mol. The maximum absolute atomic E-state index is 12.5. The smallest absolute Gasteiger partial charge is 0.220 e. The lowest BCUT2D eigenvalue weighted by Crippen LogP contribution is -2.45.